The van der Waals surface area contributed by atoms with Crippen molar-refractivity contribution in [3.63, 3.8) is 0 Å². The van der Waals surface area contributed by atoms with Gasteiger partial charge in [0.2, 0.25) is 12.3 Å². The van der Waals surface area contributed by atoms with Crippen LogP contribution in [-0.4, -0.2) is 61.4 Å². The van der Waals surface area contributed by atoms with Gasteiger partial charge in [-0.3, -0.25) is 9.59 Å². The van der Waals surface area contributed by atoms with E-state index in [2.05, 4.69) is 11.4 Å². The number of piperazine rings is 1. The topological polar surface area (TPSA) is 52.7 Å². The van der Waals surface area contributed by atoms with E-state index in [0.717, 1.165) is 25.9 Å². The molecule has 0 spiro atoms. The molecule has 2 amide bonds. The van der Waals surface area contributed by atoms with Crippen LogP contribution in [0.2, 0.25) is 0 Å². The minimum atomic E-state index is 0.199. The number of hydrogen-bond acceptors (Lipinski definition) is 3. The van der Waals surface area contributed by atoms with Crippen molar-refractivity contribution in [1.29, 1.82) is 0 Å². The van der Waals surface area contributed by atoms with Crippen molar-refractivity contribution in [3.05, 3.63) is 11.6 Å². The van der Waals surface area contributed by atoms with Crippen LogP contribution in [0, 0.1) is 0 Å². The Morgan fingerprint density at radius 3 is 2.67 bits per heavy atom. The SMILES string of the molecule is O=CN1CCN(C(=O)CCNCCC2=CCCCC2)CC1. The van der Waals surface area contributed by atoms with Crippen LogP contribution in [0.1, 0.15) is 38.5 Å². The lowest BCUT2D eigenvalue weighted by Gasteiger charge is -2.32. The Kier molecular flexibility index (Phi) is 6.73. The van der Waals surface area contributed by atoms with Gasteiger partial charge in [0.15, 0.2) is 0 Å². The molecular weight excluding hydrogens is 266 g/mol. The van der Waals surface area contributed by atoms with Gasteiger partial charge in [0, 0.05) is 39.1 Å². The molecular formula is C16H27N3O2. The van der Waals surface area contributed by atoms with Crippen LogP contribution in [0.5, 0.6) is 0 Å². The first-order valence-corrected chi connectivity index (χ1v) is 8.15. The lowest BCUT2D eigenvalue weighted by atomic mass is 9.97. The van der Waals surface area contributed by atoms with Crippen molar-refractivity contribution < 1.29 is 9.59 Å². The van der Waals surface area contributed by atoms with Crippen molar-refractivity contribution >= 4 is 12.3 Å². The van der Waals surface area contributed by atoms with E-state index < -0.39 is 0 Å². The Morgan fingerprint density at radius 1 is 1.19 bits per heavy atom. The fraction of sp³-hybridized carbons (Fsp3) is 0.750. The zero-order chi connectivity index (χ0) is 14.9. The number of carbonyl (C=O) groups is 2. The largest absolute Gasteiger partial charge is 0.342 e. The molecule has 0 aromatic heterocycles. The normalized spacial score (nSPS) is 19.3. The first-order valence-electron chi connectivity index (χ1n) is 8.15. The third-order valence-electron chi connectivity index (χ3n) is 4.34. The third-order valence-corrected chi connectivity index (χ3v) is 4.34. The predicted octanol–water partition coefficient (Wildman–Crippen LogP) is 1.16. The molecule has 1 saturated heterocycles. The van der Waals surface area contributed by atoms with Crippen LogP contribution in [0.3, 0.4) is 0 Å². The van der Waals surface area contributed by atoms with E-state index in [4.69, 9.17) is 0 Å². The van der Waals surface area contributed by atoms with E-state index in [1.807, 2.05) is 4.90 Å². The van der Waals surface area contributed by atoms with Gasteiger partial charge in [0.1, 0.15) is 0 Å². The lowest BCUT2D eigenvalue weighted by molar-refractivity contribution is -0.135. The lowest BCUT2D eigenvalue weighted by Crippen LogP contribution is -2.48. The summed E-state index contributed by atoms with van der Waals surface area (Å²) in [6.07, 6.45) is 10.1. The Bertz CT molecular complexity index is 374. The minimum absolute atomic E-state index is 0.199. The molecule has 1 aliphatic carbocycles. The monoisotopic (exact) mass is 293 g/mol. The predicted molar refractivity (Wildman–Crippen MR) is 82.9 cm³/mol. The molecule has 2 rings (SSSR count). The summed E-state index contributed by atoms with van der Waals surface area (Å²) < 4.78 is 0. The number of hydrogen-bond donors (Lipinski definition) is 1. The van der Waals surface area contributed by atoms with Gasteiger partial charge in [0.05, 0.1) is 0 Å². The molecule has 21 heavy (non-hydrogen) atoms. The van der Waals surface area contributed by atoms with Crippen molar-refractivity contribution in [3.8, 4) is 0 Å². The van der Waals surface area contributed by atoms with Crippen molar-refractivity contribution in [2.45, 2.75) is 38.5 Å². The van der Waals surface area contributed by atoms with Gasteiger partial charge in [-0.15, -0.1) is 0 Å². The highest BCUT2D eigenvalue weighted by Crippen LogP contribution is 2.19. The molecule has 118 valence electrons. The number of nitrogens with one attached hydrogen (secondary N) is 1. The minimum Gasteiger partial charge on any atom is -0.342 e. The fourth-order valence-corrected chi connectivity index (χ4v) is 2.94. The fourth-order valence-electron chi connectivity index (χ4n) is 2.94. The van der Waals surface area contributed by atoms with Crippen molar-refractivity contribution in [2.24, 2.45) is 0 Å². The molecule has 0 radical (unpaired) electrons. The number of rotatable bonds is 7. The number of nitrogens with zero attached hydrogens (tertiary/aromatic N) is 2. The van der Waals surface area contributed by atoms with E-state index in [1.54, 1.807) is 10.5 Å². The average Bonchev–Trinajstić information content (AvgIpc) is 2.55. The molecule has 2 aliphatic rings. The van der Waals surface area contributed by atoms with E-state index in [0.29, 0.717) is 32.6 Å². The van der Waals surface area contributed by atoms with E-state index in [9.17, 15) is 9.59 Å². The van der Waals surface area contributed by atoms with Gasteiger partial charge in [-0.25, -0.2) is 0 Å². The Morgan fingerprint density at radius 2 is 2.00 bits per heavy atom. The molecule has 1 heterocycles. The average molecular weight is 293 g/mol. The third kappa shape index (κ3) is 5.50. The maximum atomic E-state index is 12.0. The summed E-state index contributed by atoms with van der Waals surface area (Å²) >= 11 is 0. The number of amides is 2. The van der Waals surface area contributed by atoms with Crippen molar-refractivity contribution in [1.82, 2.24) is 15.1 Å². The number of carbonyl (C=O) groups excluding carboxylic acids is 2. The molecule has 5 heteroatoms. The maximum absolute atomic E-state index is 12.0. The molecule has 0 atom stereocenters. The van der Waals surface area contributed by atoms with Crippen LogP contribution >= 0.6 is 0 Å². The second kappa shape index (κ2) is 8.82. The summed E-state index contributed by atoms with van der Waals surface area (Å²) in [7, 11) is 0. The standard InChI is InChI=1S/C16H27N3O2/c20-14-18-10-12-19(13-11-18)16(21)7-9-17-8-6-15-4-2-1-3-5-15/h4,14,17H,1-3,5-13H2. The smallest absolute Gasteiger partial charge is 0.223 e. The molecule has 0 bridgehead atoms. The maximum Gasteiger partial charge on any atom is 0.223 e. The Balaban J connectivity index is 1.53. The highest BCUT2D eigenvalue weighted by atomic mass is 16.2. The van der Waals surface area contributed by atoms with Gasteiger partial charge >= 0.3 is 0 Å². The zero-order valence-corrected chi connectivity index (χ0v) is 12.9. The van der Waals surface area contributed by atoms with Gasteiger partial charge in [-0.1, -0.05) is 11.6 Å². The Labute approximate surface area is 127 Å². The molecule has 5 nitrogen and oxygen atoms in total. The van der Waals surface area contributed by atoms with Crippen LogP contribution in [0.4, 0.5) is 0 Å². The van der Waals surface area contributed by atoms with Gasteiger partial charge < -0.3 is 15.1 Å². The first kappa shape index (κ1) is 16.0. The van der Waals surface area contributed by atoms with Crippen LogP contribution < -0.4 is 5.32 Å². The zero-order valence-electron chi connectivity index (χ0n) is 12.9. The molecule has 1 N–H and O–H groups in total. The summed E-state index contributed by atoms with van der Waals surface area (Å²) in [5.74, 6) is 0.199. The second-order valence-electron chi connectivity index (χ2n) is 5.88. The molecule has 0 saturated carbocycles. The molecule has 0 aromatic carbocycles. The quantitative estimate of drug-likeness (QED) is 0.435. The van der Waals surface area contributed by atoms with Gasteiger partial charge in [0.25, 0.3) is 0 Å². The summed E-state index contributed by atoms with van der Waals surface area (Å²) in [6, 6.07) is 0. The number of allylic oxidation sites excluding steroid dienone is 1. The van der Waals surface area contributed by atoms with Crippen molar-refractivity contribution in [2.75, 3.05) is 39.3 Å². The molecule has 1 fully saturated rings. The summed E-state index contributed by atoms with van der Waals surface area (Å²) in [6.45, 7) is 4.39. The van der Waals surface area contributed by atoms with E-state index >= 15 is 0 Å². The molecule has 1 aliphatic heterocycles. The van der Waals surface area contributed by atoms with E-state index in [1.165, 1.54) is 25.7 Å². The molecule has 0 unspecified atom stereocenters. The Hall–Kier alpha value is -1.36. The van der Waals surface area contributed by atoms with Crippen LogP contribution in [0.25, 0.3) is 0 Å². The van der Waals surface area contributed by atoms with Gasteiger partial charge in [-0.05, 0) is 38.6 Å². The van der Waals surface area contributed by atoms with E-state index in [-0.39, 0.29) is 5.91 Å². The molecule has 0 aromatic rings. The summed E-state index contributed by atoms with van der Waals surface area (Å²) in [4.78, 5) is 26.2. The summed E-state index contributed by atoms with van der Waals surface area (Å²) in [5.41, 5.74) is 1.57. The van der Waals surface area contributed by atoms with Crippen LogP contribution in [0.15, 0.2) is 11.6 Å². The van der Waals surface area contributed by atoms with Crippen LogP contribution in [-0.2, 0) is 9.59 Å². The highest BCUT2D eigenvalue weighted by Gasteiger charge is 2.19. The summed E-state index contributed by atoms with van der Waals surface area (Å²) in [5, 5.41) is 3.37. The highest BCUT2D eigenvalue weighted by molar-refractivity contribution is 5.76. The second-order valence-corrected chi connectivity index (χ2v) is 5.88. The van der Waals surface area contributed by atoms with Gasteiger partial charge in [-0.2, -0.15) is 0 Å². The first-order chi connectivity index (χ1) is 10.3.